The minimum atomic E-state index is -2.65. The number of aromatic nitrogens is 3. The van der Waals surface area contributed by atoms with E-state index < -0.39 is 12.0 Å². The number of ether oxygens (including phenoxy) is 1. The number of amides is 2. The zero-order valence-corrected chi connectivity index (χ0v) is 16.7. The number of nitrogens with one attached hydrogen (secondary N) is 3. The van der Waals surface area contributed by atoms with Gasteiger partial charge in [-0.2, -0.15) is 5.26 Å². The van der Waals surface area contributed by atoms with Gasteiger partial charge in [-0.05, 0) is 25.0 Å². The highest BCUT2D eigenvalue weighted by molar-refractivity contribution is 6.04. The van der Waals surface area contributed by atoms with Gasteiger partial charge in [0, 0.05) is 31.0 Å². The molecule has 1 fully saturated rings. The summed E-state index contributed by atoms with van der Waals surface area (Å²) in [5.74, 6) is -2.43. The van der Waals surface area contributed by atoms with Crippen LogP contribution in [0.5, 0.6) is 5.88 Å². The number of anilines is 2. The molecule has 0 spiro atoms. The molecule has 31 heavy (non-hydrogen) atoms. The molecule has 4 rings (SSSR count). The number of urea groups is 1. The molecule has 0 saturated heterocycles. The molecular weight excluding hydrogens is 406 g/mol. The van der Waals surface area contributed by atoms with Crippen molar-refractivity contribution in [3.63, 3.8) is 0 Å². The predicted molar refractivity (Wildman–Crippen MR) is 110 cm³/mol. The van der Waals surface area contributed by atoms with E-state index in [0.29, 0.717) is 28.5 Å². The van der Waals surface area contributed by atoms with Crippen LogP contribution in [0.2, 0.25) is 0 Å². The van der Waals surface area contributed by atoms with Crippen molar-refractivity contribution in [3.8, 4) is 11.9 Å². The number of H-pyrrole nitrogens is 1. The summed E-state index contributed by atoms with van der Waals surface area (Å²) in [5, 5.41) is 14.8. The number of nitriles is 1. The number of rotatable bonds is 4. The molecule has 10 heteroatoms. The van der Waals surface area contributed by atoms with E-state index >= 15 is 0 Å². The molecule has 2 amide bonds. The van der Waals surface area contributed by atoms with E-state index in [1.165, 1.54) is 19.4 Å². The molecule has 1 saturated carbocycles. The van der Waals surface area contributed by atoms with Gasteiger partial charge < -0.3 is 20.4 Å². The van der Waals surface area contributed by atoms with Gasteiger partial charge in [0.2, 0.25) is 11.8 Å². The number of hydrogen-bond acceptors (Lipinski definition) is 5. The zero-order valence-electron chi connectivity index (χ0n) is 16.7. The highest BCUT2D eigenvalue weighted by Gasteiger charge is 2.36. The van der Waals surface area contributed by atoms with E-state index in [1.54, 1.807) is 18.3 Å². The lowest BCUT2D eigenvalue weighted by molar-refractivity contribution is -0.0385. The number of pyridine rings is 2. The third-order valence-electron chi connectivity index (χ3n) is 5.35. The summed E-state index contributed by atoms with van der Waals surface area (Å²) in [6.07, 6.45) is 3.17. The quantitative estimate of drug-likeness (QED) is 0.555. The number of halogens is 2. The summed E-state index contributed by atoms with van der Waals surface area (Å²) in [6, 6.07) is 6.51. The number of carbonyl (C=O) groups excluding carboxylic acids is 1. The smallest absolute Gasteiger partial charge is 0.323 e. The van der Waals surface area contributed by atoms with Crippen molar-refractivity contribution in [2.45, 2.75) is 37.5 Å². The highest BCUT2D eigenvalue weighted by atomic mass is 19.3. The highest BCUT2D eigenvalue weighted by Crippen LogP contribution is 2.41. The Balaban J connectivity index is 1.47. The van der Waals surface area contributed by atoms with Crippen molar-refractivity contribution in [2.75, 3.05) is 17.7 Å². The second kappa shape index (κ2) is 8.18. The first-order chi connectivity index (χ1) is 14.9. The normalized spacial score (nSPS) is 15.9. The van der Waals surface area contributed by atoms with Gasteiger partial charge in [-0.15, -0.1) is 0 Å². The maximum Gasteiger partial charge on any atom is 0.323 e. The Morgan fingerprint density at radius 1 is 1.32 bits per heavy atom. The Morgan fingerprint density at radius 3 is 2.81 bits per heavy atom. The van der Waals surface area contributed by atoms with E-state index in [0.717, 1.165) is 5.52 Å². The fourth-order valence-corrected chi connectivity index (χ4v) is 3.75. The van der Waals surface area contributed by atoms with Gasteiger partial charge in [0.15, 0.2) is 0 Å². The molecule has 3 aromatic rings. The number of fused-ring (bicyclic) bond motifs is 1. The van der Waals surface area contributed by atoms with Crippen molar-refractivity contribution in [1.29, 1.82) is 5.26 Å². The average molecular weight is 426 g/mol. The van der Waals surface area contributed by atoms with Crippen molar-refractivity contribution in [3.05, 3.63) is 41.9 Å². The molecule has 0 radical (unpaired) electrons. The standard InChI is InChI=1S/C21H20F2N6O2/c1-31-17-3-2-15-19(29-17)16(11-25-15)28-20(30)27-14-8-13(9-24)18(26-10-14)12-4-6-21(22,23)7-5-12/h2-3,8,10-12,25H,4-7H2,1H3,(H2,27,28,30). The lowest BCUT2D eigenvalue weighted by Gasteiger charge is -2.28. The van der Waals surface area contributed by atoms with Crippen LogP contribution in [-0.2, 0) is 0 Å². The summed E-state index contributed by atoms with van der Waals surface area (Å²) in [5.41, 5.74) is 2.81. The van der Waals surface area contributed by atoms with E-state index in [4.69, 9.17) is 4.74 Å². The maximum atomic E-state index is 13.4. The van der Waals surface area contributed by atoms with Crippen molar-refractivity contribution < 1.29 is 18.3 Å². The Morgan fingerprint density at radius 2 is 2.10 bits per heavy atom. The average Bonchev–Trinajstić information content (AvgIpc) is 3.15. The molecule has 0 bridgehead atoms. The largest absolute Gasteiger partial charge is 0.481 e. The first kappa shape index (κ1) is 20.5. The zero-order chi connectivity index (χ0) is 22.0. The second-order valence-corrected chi connectivity index (χ2v) is 7.43. The fourth-order valence-electron chi connectivity index (χ4n) is 3.75. The van der Waals surface area contributed by atoms with Gasteiger partial charge in [-0.3, -0.25) is 4.98 Å². The summed E-state index contributed by atoms with van der Waals surface area (Å²) in [7, 11) is 1.50. The summed E-state index contributed by atoms with van der Waals surface area (Å²) in [4.78, 5) is 24.1. The van der Waals surface area contributed by atoms with Crippen molar-refractivity contribution in [2.24, 2.45) is 0 Å². The number of alkyl halides is 2. The first-order valence-electron chi connectivity index (χ1n) is 9.76. The molecule has 160 valence electrons. The van der Waals surface area contributed by atoms with Crippen LogP contribution in [0.1, 0.15) is 42.9 Å². The van der Waals surface area contributed by atoms with E-state index in [1.807, 2.05) is 0 Å². The van der Waals surface area contributed by atoms with E-state index in [9.17, 15) is 18.8 Å². The molecule has 0 unspecified atom stereocenters. The molecular formula is C21H20F2N6O2. The van der Waals surface area contributed by atoms with Gasteiger partial charge in [0.1, 0.15) is 11.6 Å². The van der Waals surface area contributed by atoms with Crippen molar-refractivity contribution in [1.82, 2.24) is 15.0 Å². The second-order valence-electron chi connectivity index (χ2n) is 7.43. The number of aromatic amines is 1. The summed E-state index contributed by atoms with van der Waals surface area (Å²) < 4.78 is 32.0. The van der Waals surface area contributed by atoms with Crippen LogP contribution in [0.4, 0.5) is 25.0 Å². The molecule has 3 aromatic heterocycles. The minimum absolute atomic E-state index is 0.190. The number of carbonyl (C=O) groups is 1. The van der Waals surface area contributed by atoms with Crippen LogP contribution in [-0.4, -0.2) is 34.0 Å². The SMILES string of the molecule is COc1ccc2[nH]cc(NC(=O)Nc3cnc(C4CCC(F)(F)CC4)c(C#N)c3)c2n1. The first-order valence-corrected chi connectivity index (χ1v) is 9.76. The monoisotopic (exact) mass is 426 g/mol. The summed E-state index contributed by atoms with van der Waals surface area (Å²) >= 11 is 0. The Bertz CT molecular complexity index is 1160. The molecule has 8 nitrogen and oxygen atoms in total. The lowest BCUT2D eigenvalue weighted by Crippen LogP contribution is -2.24. The number of hydrogen-bond donors (Lipinski definition) is 3. The lowest BCUT2D eigenvalue weighted by atomic mass is 9.83. The van der Waals surface area contributed by atoms with E-state index in [2.05, 4.69) is 31.7 Å². The predicted octanol–water partition coefficient (Wildman–Crippen LogP) is 4.78. The topological polar surface area (TPSA) is 116 Å². The number of methoxy groups -OCH3 is 1. The van der Waals surface area contributed by atoms with Gasteiger partial charge in [0.25, 0.3) is 0 Å². The Hall–Kier alpha value is -3.74. The maximum absolute atomic E-state index is 13.4. The van der Waals surface area contributed by atoms with Crippen LogP contribution in [0, 0.1) is 11.3 Å². The van der Waals surface area contributed by atoms with Crippen LogP contribution in [0.25, 0.3) is 11.0 Å². The van der Waals surface area contributed by atoms with Gasteiger partial charge in [0.05, 0.1) is 41.5 Å². The molecule has 1 aliphatic carbocycles. The Labute approximate surface area is 176 Å². The summed E-state index contributed by atoms with van der Waals surface area (Å²) in [6.45, 7) is 0. The molecule has 3 N–H and O–H groups in total. The molecule has 0 aliphatic heterocycles. The number of nitrogens with zero attached hydrogens (tertiary/aromatic N) is 3. The molecule has 0 atom stereocenters. The fraction of sp³-hybridized carbons (Fsp3) is 0.333. The van der Waals surface area contributed by atoms with Gasteiger partial charge >= 0.3 is 6.03 Å². The third kappa shape index (κ3) is 4.40. The van der Waals surface area contributed by atoms with Crippen LogP contribution in [0.3, 0.4) is 0 Å². The molecule has 0 aromatic carbocycles. The molecule has 1 aliphatic rings. The van der Waals surface area contributed by atoms with Crippen LogP contribution in [0.15, 0.2) is 30.6 Å². The Kier molecular flexibility index (Phi) is 5.42. The van der Waals surface area contributed by atoms with Crippen LogP contribution < -0.4 is 15.4 Å². The van der Waals surface area contributed by atoms with Gasteiger partial charge in [-0.25, -0.2) is 18.6 Å². The van der Waals surface area contributed by atoms with E-state index in [-0.39, 0.29) is 37.2 Å². The van der Waals surface area contributed by atoms with Crippen LogP contribution >= 0.6 is 0 Å². The third-order valence-corrected chi connectivity index (χ3v) is 5.35. The molecule has 3 heterocycles. The minimum Gasteiger partial charge on any atom is -0.481 e. The van der Waals surface area contributed by atoms with Crippen molar-refractivity contribution >= 4 is 28.4 Å². The van der Waals surface area contributed by atoms with Gasteiger partial charge in [-0.1, -0.05) is 0 Å².